The van der Waals surface area contributed by atoms with Gasteiger partial charge in [0, 0.05) is 19.5 Å². The molecule has 1 aromatic rings. The number of carboxylic acids is 1. The molecule has 4 heteroatoms. The lowest BCUT2D eigenvalue weighted by atomic mass is 9.94. The van der Waals surface area contributed by atoms with Gasteiger partial charge in [-0.05, 0) is 36.5 Å². The fraction of sp³-hybridized carbons (Fsp3) is 0.375. The standard InChI is InChI=1S/C16H19NO3/c1-2-3-4-8-15(18)17-10-9-12-6-5-7-13(16(19)20)14(12)11-17/h2,5-7H,1,3-4,8-11H2,(H,19,20). The van der Waals surface area contributed by atoms with E-state index in [-0.39, 0.29) is 5.91 Å². The fourth-order valence-electron chi connectivity index (χ4n) is 2.55. The Morgan fingerprint density at radius 2 is 2.20 bits per heavy atom. The second-order valence-electron chi connectivity index (χ2n) is 4.99. The number of carbonyl (C=O) groups is 2. The average Bonchev–Trinajstić information content (AvgIpc) is 2.46. The molecule has 2 rings (SSSR count). The van der Waals surface area contributed by atoms with Crippen LogP contribution in [0.1, 0.15) is 40.7 Å². The molecule has 0 radical (unpaired) electrons. The van der Waals surface area contributed by atoms with E-state index in [9.17, 15) is 14.7 Å². The topological polar surface area (TPSA) is 57.6 Å². The second kappa shape index (κ2) is 6.37. The number of carbonyl (C=O) groups excluding carboxylic acids is 1. The number of aromatic carboxylic acids is 1. The maximum Gasteiger partial charge on any atom is 0.336 e. The molecule has 1 aliphatic heterocycles. The highest BCUT2D eigenvalue weighted by atomic mass is 16.4. The van der Waals surface area contributed by atoms with Gasteiger partial charge in [-0.15, -0.1) is 6.58 Å². The van der Waals surface area contributed by atoms with Crippen LogP contribution >= 0.6 is 0 Å². The molecule has 0 saturated heterocycles. The van der Waals surface area contributed by atoms with Gasteiger partial charge in [0.05, 0.1) is 5.56 Å². The molecule has 0 bridgehead atoms. The summed E-state index contributed by atoms with van der Waals surface area (Å²) in [6, 6.07) is 5.32. The molecule has 1 N–H and O–H groups in total. The van der Waals surface area contributed by atoms with Gasteiger partial charge in [-0.3, -0.25) is 4.79 Å². The molecule has 4 nitrogen and oxygen atoms in total. The SMILES string of the molecule is C=CCCCC(=O)N1CCc2cccc(C(=O)O)c2C1. The van der Waals surface area contributed by atoms with Crippen molar-refractivity contribution < 1.29 is 14.7 Å². The number of unbranched alkanes of at least 4 members (excludes halogenated alkanes) is 1. The van der Waals surface area contributed by atoms with E-state index in [1.807, 2.05) is 6.07 Å². The number of hydrogen-bond donors (Lipinski definition) is 1. The van der Waals surface area contributed by atoms with Gasteiger partial charge in [-0.25, -0.2) is 4.79 Å². The lowest BCUT2D eigenvalue weighted by Gasteiger charge is -2.30. The van der Waals surface area contributed by atoms with Crippen LogP contribution in [0.15, 0.2) is 30.9 Å². The molecular formula is C16H19NO3. The molecule has 1 aromatic carbocycles. The monoisotopic (exact) mass is 273 g/mol. The third-order valence-electron chi connectivity index (χ3n) is 3.66. The van der Waals surface area contributed by atoms with Gasteiger partial charge in [0.25, 0.3) is 0 Å². The van der Waals surface area contributed by atoms with Crippen LogP contribution in [-0.2, 0) is 17.8 Å². The van der Waals surface area contributed by atoms with E-state index in [1.165, 1.54) is 0 Å². The number of nitrogens with zero attached hydrogens (tertiary/aromatic N) is 1. The van der Waals surface area contributed by atoms with Crippen LogP contribution in [0.4, 0.5) is 0 Å². The number of fused-ring (bicyclic) bond motifs is 1. The van der Waals surface area contributed by atoms with E-state index >= 15 is 0 Å². The summed E-state index contributed by atoms with van der Waals surface area (Å²) in [7, 11) is 0. The lowest BCUT2D eigenvalue weighted by Crippen LogP contribution is -2.36. The van der Waals surface area contributed by atoms with E-state index < -0.39 is 5.97 Å². The number of rotatable bonds is 5. The summed E-state index contributed by atoms with van der Waals surface area (Å²) in [4.78, 5) is 25.1. The Morgan fingerprint density at radius 3 is 2.90 bits per heavy atom. The molecule has 0 spiro atoms. The molecule has 1 amide bonds. The smallest absolute Gasteiger partial charge is 0.336 e. The van der Waals surface area contributed by atoms with Gasteiger partial charge < -0.3 is 10.0 Å². The highest BCUT2D eigenvalue weighted by Crippen LogP contribution is 2.23. The van der Waals surface area contributed by atoms with Crippen LogP contribution in [-0.4, -0.2) is 28.4 Å². The number of benzene rings is 1. The molecule has 0 unspecified atom stereocenters. The van der Waals surface area contributed by atoms with Crippen LogP contribution in [0.2, 0.25) is 0 Å². The van der Waals surface area contributed by atoms with Crippen molar-refractivity contribution in [1.82, 2.24) is 4.90 Å². The second-order valence-corrected chi connectivity index (χ2v) is 4.99. The molecule has 1 aliphatic rings. The summed E-state index contributed by atoms with van der Waals surface area (Å²) in [5, 5.41) is 9.22. The van der Waals surface area contributed by atoms with Gasteiger partial charge in [-0.2, -0.15) is 0 Å². The zero-order chi connectivity index (χ0) is 14.5. The quantitative estimate of drug-likeness (QED) is 0.662. The Labute approximate surface area is 118 Å². The Kier molecular flexibility index (Phi) is 4.56. The summed E-state index contributed by atoms with van der Waals surface area (Å²) >= 11 is 0. The summed E-state index contributed by atoms with van der Waals surface area (Å²) in [6.45, 7) is 4.72. The average molecular weight is 273 g/mol. The zero-order valence-electron chi connectivity index (χ0n) is 11.5. The highest BCUT2D eigenvalue weighted by molar-refractivity contribution is 5.90. The van der Waals surface area contributed by atoms with E-state index in [0.29, 0.717) is 25.1 Å². The first kappa shape index (κ1) is 14.3. The highest BCUT2D eigenvalue weighted by Gasteiger charge is 2.24. The van der Waals surface area contributed by atoms with E-state index in [1.54, 1.807) is 23.1 Å². The summed E-state index contributed by atoms with van der Waals surface area (Å²) in [5.74, 6) is -0.833. The van der Waals surface area contributed by atoms with Gasteiger partial charge in [0.1, 0.15) is 0 Å². The van der Waals surface area contributed by atoms with E-state index in [0.717, 1.165) is 30.4 Å². The Morgan fingerprint density at radius 1 is 1.40 bits per heavy atom. The molecule has 106 valence electrons. The minimum atomic E-state index is -0.928. The predicted octanol–water partition coefficient (Wildman–Crippen LogP) is 2.63. The maximum atomic E-state index is 12.1. The third-order valence-corrected chi connectivity index (χ3v) is 3.66. The summed E-state index contributed by atoms with van der Waals surface area (Å²) in [6.07, 6.45) is 4.66. The molecule has 0 fully saturated rings. The third kappa shape index (κ3) is 3.07. The molecule has 1 heterocycles. The van der Waals surface area contributed by atoms with Gasteiger partial charge in [0.15, 0.2) is 0 Å². The predicted molar refractivity (Wildman–Crippen MR) is 76.6 cm³/mol. The first-order valence-electron chi connectivity index (χ1n) is 6.86. The van der Waals surface area contributed by atoms with E-state index in [4.69, 9.17) is 0 Å². The molecule has 20 heavy (non-hydrogen) atoms. The number of carboxylic acid groups (broad SMARTS) is 1. The van der Waals surface area contributed by atoms with Crippen molar-refractivity contribution in [3.8, 4) is 0 Å². The number of hydrogen-bond acceptors (Lipinski definition) is 2. The molecule has 0 aromatic heterocycles. The minimum Gasteiger partial charge on any atom is -0.478 e. The zero-order valence-corrected chi connectivity index (χ0v) is 11.5. The van der Waals surface area contributed by atoms with Crippen LogP contribution < -0.4 is 0 Å². The van der Waals surface area contributed by atoms with Gasteiger partial charge in [0.2, 0.25) is 5.91 Å². The van der Waals surface area contributed by atoms with Crippen LogP contribution in [0.25, 0.3) is 0 Å². The molecule has 0 aliphatic carbocycles. The fourth-order valence-corrected chi connectivity index (χ4v) is 2.55. The molecule has 0 saturated carbocycles. The van der Waals surface area contributed by atoms with Crippen molar-refractivity contribution in [2.75, 3.05) is 6.54 Å². The normalized spacial score (nSPS) is 13.7. The van der Waals surface area contributed by atoms with Crippen molar-refractivity contribution in [2.24, 2.45) is 0 Å². The first-order valence-corrected chi connectivity index (χ1v) is 6.86. The van der Waals surface area contributed by atoms with Crippen molar-refractivity contribution in [3.05, 3.63) is 47.5 Å². The number of amides is 1. The summed E-state index contributed by atoms with van der Waals surface area (Å²) in [5.41, 5.74) is 2.13. The van der Waals surface area contributed by atoms with Crippen LogP contribution in [0, 0.1) is 0 Å². The maximum absolute atomic E-state index is 12.1. The van der Waals surface area contributed by atoms with Crippen molar-refractivity contribution in [2.45, 2.75) is 32.2 Å². The number of allylic oxidation sites excluding steroid dienone is 1. The van der Waals surface area contributed by atoms with Crippen molar-refractivity contribution in [1.29, 1.82) is 0 Å². The minimum absolute atomic E-state index is 0.0951. The first-order chi connectivity index (χ1) is 9.63. The van der Waals surface area contributed by atoms with E-state index in [2.05, 4.69) is 6.58 Å². The van der Waals surface area contributed by atoms with Crippen LogP contribution in [0.3, 0.4) is 0 Å². The Hall–Kier alpha value is -2.10. The molecular weight excluding hydrogens is 254 g/mol. The van der Waals surface area contributed by atoms with Crippen molar-refractivity contribution >= 4 is 11.9 Å². The van der Waals surface area contributed by atoms with Crippen LogP contribution in [0.5, 0.6) is 0 Å². The van der Waals surface area contributed by atoms with Crippen molar-refractivity contribution in [3.63, 3.8) is 0 Å². The van der Waals surface area contributed by atoms with Gasteiger partial charge >= 0.3 is 5.97 Å². The lowest BCUT2D eigenvalue weighted by molar-refractivity contribution is -0.132. The molecule has 0 atom stereocenters. The van der Waals surface area contributed by atoms with Gasteiger partial charge in [-0.1, -0.05) is 18.2 Å². The Bertz CT molecular complexity index is 537. The summed E-state index contributed by atoms with van der Waals surface area (Å²) < 4.78 is 0. The largest absolute Gasteiger partial charge is 0.478 e. The Balaban J connectivity index is 2.11.